The molecule has 170 valence electrons. The molecule has 4 rings (SSSR count). The Bertz CT molecular complexity index is 1380. The van der Waals surface area contributed by atoms with Gasteiger partial charge in [-0.2, -0.15) is 0 Å². The van der Waals surface area contributed by atoms with Crippen LogP contribution in [0.15, 0.2) is 53.8 Å². The molecule has 0 radical (unpaired) electrons. The molecule has 0 fully saturated rings. The summed E-state index contributed by atoms with van der Waals surface area (Å²) < 4.78 is 29.4. The highest BCUT2D eigenvalue weighted by Gasteiger charge is 2.16. The molecule has 0 amide bonds. The quantitative estimate of drug-likeness (QED) is 0.271. The second-order valence-corrected chi connectivity index (χ2v) is 8.02. The van der Waals surface area contributed by atoms with Crippen LogP contribution < -0.4 is 5.32 Å². The van der Waals surface area contributed by atoms with Gasteiger partial charge in [0.2, 0.25) is 0 Å². The lowest BCUT2D eigenvalue weighted by atomic mass is 10.1. The molecule has 0 aliphatic rings. The summed E-state index contributed by atoms with van der Waals surface area (Å²) >= 11 is 0. The Hall–Kier alpha value is -3.88. The van der Waals surface area contributed by atoms with Gasteiger partial charge < -0.3 is 14.9 Å². The Morgan fingerprint density at radius 1 is 1.33 bits per heavy atom. The van der Waals surface area contributed by atoms with Gasteiger partial charge in [-0.3, -0.25) is 4.99 Å². The van der Waals surface area contributed by atoms with Crippen LogP contribution in [-0.4, -0.2) is 37.8 Å². The van der Waals surface area contributed by atoms with E-state index >= 15 is 0 Å². The summed E-state index contributed by atoms with van der Waals surface area (Å²) in [5.41, 5.74) is 3.68. The van der Waals surface area contributed by atoms with E-state index in [1.54, 1.807) is 19.3 Å². The summed E-state index contributed by atoms with van der Waals surface area (Å²) in [4.78, 5) is 20.3. The lowest BCUT2D eigenvalue weighted by Gasteiger charge is -2.11. The third-order valence-corrected chi connectivity index (χ3v) is 5.32. The van der Waals surface area contributed by atoms with Crippen molar-refractivity contribution in [3.05, 3.63) is 66.0 Å². The number of hydrogen-bond donors (Lipinski definition) is 2. The smallest absolute Gasteiger partial charge is 0.166 e. The van der Waals surface area contributed by atoms with Crippen LogP contribution >= 0.6 is 0 Å². The Balaban J connectivity index is 1.65. The zero-order valence-corrected chi connectivity index (χ0v) is 18.7. The van der Waals surface area contributed by atoms with Crippen molar-refractivity contribution in [2.75, 3.05) is 11.9 Å². The number of aliphatic imine (C=N–C) groups is 1. The van der Waals surface area contributed by atoms with Crippen LogP contribution in [0.4, 0.5) is 14.6 Å². The van der Waals surface area contributed by atoms with Crippen molar-refractivity contribution >= 4 is 40.2 Å². The van der Waals surface area contributed by atoms with Gasteiger partial charge in [0.25, 0.3) is 0 Å². The largest absolute Gasteiger partial charge is 0.368 e. The molecule has 1 aromatic carbocycles. The molecule has 0 aliphatic heterocycles. The fourth-order valence-electron chi connectivity index (χ4n) is 3.67. The van der Waals surface area contributed by atoms with Gasteiger partial charge in [-0.1, -0.05) is 0 Å². The van der Waals surface area contributed by atoms with E-state index in [1.165, 1.54) is 18.2 Å². The number of nitrogens with zero attached hydrogens (tertiary/aromatic N) is 5. The lowest BCUT2D eigenvalue weighted by Crippen LogP contribution is -2.10. The molecule has 0 aliphatic carbocycles. The summed E-state index contributed by atoms with van der Waals surface area (Å²) in [5, 5.41) is 4.33. The normalized spacial score (nSPS) is 12.8. The monoisotopic (exact) mass is 449 g/mol. The summed E-state index contributed by atoms with van der Waals surface area (Å²) in [7, 11) is 0. The first kappa shape index (κ1) is 22.3. The molecular formula is C24H25F2N7. The number of aromatic nitrogens is 5. The van der Waals surface area contributed by atoms with Crippen LogP contribution in [0.5, 0.6) is 0 Å². The zero-order chi connectivity index (χ0) is 23.5. The fraction of sp³-hybridized carbons (Fsp3) is 0.250. The lowest BCUT2D eigenvalue weighted by molar-refractivity contribution is 0.612. The molecule has 0 saturated carbocycles. The van der Waals surface area contributed by atoms with Crippen LogP contribution in [0.25, 0.3) is 27.6 Å². The van der Waals surface area contributed by atoms with Gasteiger partial charge in [-0.25, -0.2) is 23.7 Å². The maximum absolute atomic E-state index is 13.9. The van der Waals surface area contributed by atoms with Crippen LogP contribution in [0.2, 0.25) is 0 Å². The molecule has 0 spiro atoms. The molecule has 0 unspecified atom stereocenters. The standard InChI is InChI=1S/C24H25F2N7/c1-14(2)33-13-30-21-23(31-22(32-24(21)33)15(3)9-18(26)12-27-4)28-8-7-16-11-29-20-10-17(25)5-6-19(16)20/h5-6,9-14,29H,4,7-8H2,1-3H3,(H,28,31,32)/b15-9+,18-12+. The Morgan fingerprint density at radius 3 is 2.91 bits per heavy atom. The van der Waals surface area contributed by atoms with E-state index < -0.39 is 5.83 Å². The number of rotatable bonds is 8. The minimum absolute atomic E-state index is 0.142. The van der Waals surface area contributed by atoms with Gasteiger partial charge in [0.1, 0.15) is 17.2 Å². The first-order valence-electron chi connectivity index (χ1n) is 10.6. The molecule has 0 bridgehead atoms. The maximum Gasteiger partial charge on any atom is 0.166 e. The number of nitrogens with one attached hydrogen (secondary N) is 2. The summed E-state index contributed by atoms with van der Waals surface area (Å²) in [6.07, 6.45) is 6.66. The topological polar surface area (TPSA) is 83.8 Å². The number of halogens is 2. The van der Waals surface area contributed by atoms with E-state index in [1.807, 2.05) is 24.6 Å². The number of imidazole rings is 1. The Morgan fingerprint density at radius 2 is 2.15 bits per heavy atom. The predicted molar refractivity (Wildman–Crippen MR) is 129 cm³/mol. The van der Waals surface area contributed by atoms with Crippen molar-refractivity contribution in [1.82, 2.24) is 24.5 Å². The highest BCUT2D eigenvalue weighted by molar-refractivity contribution is 5.85. The third-order valence-electron chi connectivity index (χ3n) is 5.32. The molecule has 4 aromatic rings. The van der Waals surface area contributed by atoms with Gasteiger partial charge in [0, 0.05) is 29.7 Å². The average Bonchev–Trinajstić information content (AvgIpc) is 3.37. The molecular weight excluding hydrogens is 424 g/mol. The fourth-order valence-corrected chi connectivity index (χ4v) is 3.67. The van der Waals surface area contributed by atoms with E-state index in [0.717, 1.165) is 22.7 Å². The molecule has 33 heavy (non-hydrogen) atoms. The molecule has 0 atom stereocenters. The molecule has 3 aromatic heterocycles. The Kier molecular flexibility index (Phi) is 6.30. The molecule has 0 saturated heterocycles. The maximum atomic E-state index is 13.9. The second kappa shape index (κ2) is 9.32. The van der Waals surface area contributed by atoms with Gasteiger partial charge in [-0.15, -0.1) is 0 Å². The van der Waals surface area contributed by atoms with E-state index in [2.05, 4.69) is 37.0 Å². The van der Waals surface area contributed by atoms with Gasteiger partial charge in [-0.05, 0) is 69.3 Å². The number of allylic oxidation sites excluding steroid dienone is 3. The summed E-state index contributed by atoms with van der Waals surface area (Å²) in [6, 6.07) is 4.85. The highest BCUT2D eigenvalue weighted by Crippen LogP contribution is 2.25. The number of benzene rings is 1. The van der Waals surface area contributed by atoms with Crippen molar-refractivity contribution in [3.63, 3.8) is 0 Å². The first-order valence-corrected chi connectivity index (χ1v) is 10.6. The van der Waals surface area contributed by atoms with E-state index in [4.69, 9.17) is 0 Å². The average molecular weight is 450 g/mol. The number of H-pyrrole nitrogens is 1. The van der Waals surface area contributed by atoms with Crippen molar-refractivity contribution in [2.45, 2.75) is 33.2 Å². The van der Waals surface area contributed by atoms with Gasteiger partial charge in [0.05, 0.1) is 12.5 Å². The summed E-state index contributed by atoms with van der Waals surface area (Å²) in [6.45, 7) is 9.66. The van der Waals surface area contributed by atoms with Crippen LogP contribution in [-0.2, 0) is 6.42 Å². The van der Waals surface area contributed by atoms with Gasteiger partial charge >= 0.3 is 0 Å². The van der Waals surface area contributed by atoms with Crippen molar-refractivity contribution in [2.24, 2.45) is 4.99 Å². The molecule has 2 N–H and O–H groups in total. The number of fused-ring (bicyclic) bond motifs is 2. The van der Waals surface area contributed by atoms with E-state index in [9.17, 15) is 8.78 Å². The van der Waals surface area contributed by atoms with Crippen LogP contribution in [0, 0.1) is 5.82 Å². The number of aromatic amines is 1. The third kappa shape index (κ3) is 4.67. The van der Waals surface area contributed by atoms with Crippen molar-refractivity contribution < 1.29 is 8.78 Å². The Labute approximate surface area is 190 Å². The SMILES string of the molecule is C=N/C=C(F)\C=C(/C)c1nc(NCCc2c[nH]c3cc(F)ccc23)c2ncn(C(C)C)c2n1. The van der Waals surface area contributed by atoms with E-state index in [-0.39, 0.29) is 11.9 Å². The first-order chi connectivity index (χ1) is 15.9. The molecule has 9 heteroatoms. The second-order valence-electron chi connectivity index (χ2n) is 8.02. The minimum atomic E-state index is -0.533. The minimum Gasteiger partial charge on any atom is -0.368 e. The van der Waals surface area contributed by atoms with Gasteiger partial charge in [0.15, 0.2) is 17.3 Å². The molecule has 3 heterocycles. The van der Waals surface area contributed by atoms with Crippen LogP contribution in [0.1, 0.15) is 38.2 Å². The zero-order valence-electron chi connectivity index (χ0n) is 18.7. The van der Waals surface area contributed by atoms with Crippen LogP contribution in [0.3, 0.4) is 0 Å². The predicted octanol–water partition coefficient (Wildman–Crippen LogP) is 5.60. The number of anilines is 1. The van der Waals surface area contributed by atoms with E-state index in [0.29, 0.717) is 41.3 Å². The summed E-state index contributed by atoms with van der Waals surface area (Å²) in [5.74, 6) is 0.153. The van der Waals surface area contributed by atoms with Crippen molar-refractivity contribution in [3.8, 4) is 0 Å². The van der Waals surface area contributed by atoms with Crippen molar-refractivity contribution in [1.29, 1.82) is 0 Å². The number of hydrogen-bond acceptors (Lipinski definition) is 5. The molecule has 7 nitrogen and oxygen atoms in total. The highest BCUT2D eigenvalue weighted by atomic mass is 19.1.